The minimum Gasteiger partial charge on any atom is -0.285 e. The summed E-state index contributed by atoms with van der Waals surface area (Å²) in [7, 11) is 1.89. The van der Waals surface area contributed by atoms with Crippen LogP contribution < -0.4 is 0 Å². The van der Waals surface area contributed by atoms with Crippen LogP contribution in [0.5, 0.6) is 0 Å². The number of nitrogens with zero attached hydrogens (tertiary/aromatic N) is 3. The number of fused-ring (bicyclic) bond motifs is 1. The van der Waals surface area contributed by atoms with Crippen LogP contribution in [0.15, 0.2) is 39.4 Å². The van der Waals surface area contributed by atoms with Gasteiger partial charge in [-0.1, -0.05) is 6.58 Å². The van der Waals surface area contributed by atoms with E-state index in [0.717, 1.165) is 11.7 Å². The van der Waals surface area contributed by atoms with E-state index in [0.29, 0.717) is 0 Å². The number of halogens is 1. The average molecular weight is 273 g/mol. The zero-order chi connectivity index (χ0) is 8.72. The van der Waals surface area contributed by atoms with Gasteiger partial charge in [-0.25, -0.2) is 0 Å². The predicted octanol–water partition coefficient (Wildman–Crippen LogP) is 1.86. The summed E-state index contributed by atoms with van der Waals surface area (Å²) in [4.78, 5) is 1.96. The van der Waals surface area contributed by atoms with Gasteiger partial charge in [0.2, 0.25) is 0 Å². The minimum atomic E-state index is 0.890. The Bertz CT molecular complexity index is 327. The summed E-state index contributed by atoms with van der Waals surface area (Å²) in [5.41, 5.74) is 0. The minimum absolute atomic E-state index is 0.890. The van der Waals surface area contributed by atoms with Crippen molar-refractivity contribution in [3.63, 3.8) is 0 Å². The largest absolute Gasteiger partial charge is 0.285 e. The van der Waals surface area contributed by atoms with Crippen LogP contribution in [0.3, 0.4) is 0 Å². The third kappa shape index (κ3) is 1.06. The van der Waals surface area contributed by atoms with Crippen molar-refractivity contribution in [2.45, 2.75) is 0 Å². The Morgan fingerprint density at radius 1 is 1.58 bits per heavy atom. The summed E-state index contributed by atoms with van der Waals surface area (Å²) in [6.07, 6.45) is 6.03. The van der Waals surface area contributed by atoms with E-state index in [1.165, 1.54) is 3.58 Å². The molecule has 2 heterocycles. The van der Waals surface area contributed by atoms with E-state index >= 15 is 0 Å². The fourth-order valence-electron chi connectivity index (χ4n) is 1.13. The first-order chi connectivity index (χ1) is 5.68. The molecule has 0 amide bonds. The van der Waals surface area contributed by atoms with Crippen molar-refractivity contribution in [2.75, 3.05) is 7.05 Å². The lowest BCUT2D eigenvalue weighted by atomic mass is 10.3. The quantitative estimate of drug-likeness (QED) is 0.627. The Balaban J connectivity index is 2.40. The van der Waals surface area contributed by atoms with Gasteiger partial charge in [0.05, 0.1) is 0 Å². The fourth-order valence-corrected chi connectivity index (χ4v) is 1.57. The summed E-state index contributed by atoms with van der Waals surface area (Å²) < 4.78 is 1.19. The smallest absolute Gasteiger partial charge is 0.159 e. The van der Waals surface area contributed by atoms with Crippen LogP contribution in [0.4, 0.5) is 0 Å². The summed E-state index contributed by atoms with van der Waals surface area (Å²) in [5.74, 6) is 1.83. The molecule has 12 heavy (non-hydrogen) atoms. The fraction of sp³-hybridized carbons (Fsp3) is 0.125. The summed E-state index contributed by atoms with van der Waals surface area (Å²) in [6.45, 7) is 3.90. The third-order valence-electron chi connectivity index (χ3n) is 1.80. The van der Waals surface area contributed by atoms with Crippen molar-refractivity contribution in [1.29, 1.82) is 0 Å². The number of hydrazone groups is 1. The highest BCUT2D eigenvalue weighted by molar-refractivity contribution is 14.1. The van der Waals surface area contributed by atoms with E-state index in [2.05, 4.69) is 34.3 Å². The summed E-state index contributed by atoms with van der Waals surface area (Å²) >= 11 is 2.27. The van der Waals surface area contributed by atoms with E-state index in [4.69, 9.17) is 0 Å². The molecule has 0 fully saturated rings. The van der Waals surface area contributed by atoms with E-state index in [1.54, 1.807) is 5.01 Å². The number of hydrogen-bond acceptors (Lipinski definition) is 3. The first kappa shape index (κ1) is 7.85. The summed E-state index contributed by atoms with van der Waals surface area (Å²) in [5, 5.41) is 6.06. The lowest BCUT2D eigenvalue weighted by Crippen LogP contribution is -2.22. The Morgan fingerprint density at radius 3 is 3.08 bits per heavy atom. The zero-order valence-corrected chi connectivity index (χ0v) is 8.82. The molecule has 0 unspecified atom stereocenters. The van der Waals surface area contributed by atoms with Crippen LogP contribution in [0.2, 0.25) is 0 Å². The van der Waals surface area contributed by atoms with Gasteiger partial charge in [-0.3, -0.25) is 9.91 Å². The monoisotopic (exact) mass is 273 g/mol. The van der Waals surface area contributed by atoms with Crippen molar-refractivity contribution >= 4 is 28.4 Å². The van der Waals surface area contributed by atoms with Gasteiger partial charge >= 0.3 is 0 Å². The Labute approximate surface area is 84.9 Å². The molecular formula is C8H8IN3. The molecule has 0 aromatic heterocycles. The second-order valence-electron chi connectivity index (χ2n) is 2.61. The van der Waals surface area contributed by atoms with Crippen LogP contribution in [-0.4, -0.2) is 22.8 Å². The molecule has 0 atom stereocenters. The Kier molecular flexibility index (Phi) is 1.71. The molecule has 0 spiro atoms. The van der Waals surface area contributed by atoms with Crippen LogP contribution in [0.25, 0.3) is 0 Å². The standard InChI is InChI=1S/C8H8IN3/c1-6-11(2)10-8-5-7(9)3-4-12(6)8/h3-5H,1H2,2H3. The first-order valence-corrected chi connectivity index (χ1v) is 4.62. The van der Waals surface area contributed by atoms with Crippen molar-refractivity contribution in [3.8, 4) is 0 Å². The van der Waals surface area contributed by atoms with E-state index < -0.39 is 0 Å². The molecule has 2 rings (SSSR count). The molecule has 0 aliphatic carbocycles. The van der Waals surface area contributed by atoms with Crippen LogP contribution in [0.1, 0.15) is 0 Å². The highest BCUT2D eigenvalue weighted by Gasteiger charge is 2.23. The average Bonchev–Trinajstić information content (AvgIpc) is 2.28. The number of hydrogen-bond donors (Lipinski definition) is 0. The van der Waals surface area contributed by atoms with Crippen molar-refractivity contribution < 1.29 is 0 Å². The van der Waals surface area contributed by atoms with Gasteiger partial charge in [-0.05, 0) is 34.7 Å². The third-order valence-corrected chi connectivity index (χ3v) is 2.47. The molecule has 0 bridgehead atoms. The Morgan fingerprint density at radius 2 is 2.33 bits per heavy atom. The van der Waals surface area contributed by atoms with Gasteiger partial charge in [0.15, 0.2) is 5.84 Å². The number of allylic oxidation sites excluding steroid dienone is 2. The van der Waals surface area contributed by atoms with Crippen LogP contribution in [0, 0.1) is 0 Å². The van der Waals surface area contributed by atoms with Crippen LogP contribution in [-0.2, 0) is 0 Å². The normalized spacial score (nSPS) is 21.0. The molecule has 0 N–H and O–H groups in total. The van der Waals surface area contributed by atoms with E-state index in [-0.39, 0.29) is 0 Å². The van der Waals surface area contributed by atoms with E-state index in [1.807, 2.05) is 30.3 Å². The maximum atomic E-state index is 4.29. The molecule has 0 saturated carbocycles. The topological polar surface area (TPSA) is 18.8 Å². The highest BCUT2D eigenvalue weighted by atomic mass is 127. The zero-order valence-electron chi connectivity index (χ0n) is 6.66. The molecular weight excluding hydrogens is 265 g/mol. The van der Waals surface area contributed by atoms with Gasteiger partial charge in [-0.15, -0.1) is 0 Å². The molecule has 2 aliphatic heterocycles. The lowest BCUT2D eigenvalue weighted by Gasteiger charge is -2.18. The van der Waals surface area contributed by atoms with Gasteiger partial charge < -0.3 is 0 Å². The SMILES string of the molecule is C=C1N(C)N=C2C=C(I)C=CN12. The first-order valence-electron chi connectivity index (χ1n) is 3.54. The summed E-state index contributed by atoms with van der Waals surface area (Å²) in [6, 6.07) is 0. The van der Waals surface area contributed by atoms with Crippen molar-refractivity contribution in [1.82, 2.24) is 9.91 Å². The predicted molar refractivity (Wildman–Crippen MR) is 57.4 cm³/mol. The van der Waals surface area contributed by atoms with Gasteiger partial charge in [0.25, 0.3) is 0 Å². The highest BCUT2D eigenvalue weighted by Crippen LogP contribution is 2.24. The van der Waals surface area contributed by atoms with Gasteiger partial charge in [-0.2, -0.15) is 5.10 Å². The van der Waals surface area contributed by atoms with Crippen molar-refractivity contribution in [2.24, 2.45) is 5.10 Å². The molecule has 2 aliphatic rings. The molecule has 0 radical (unpaired) electrons. The Hall–Kier alpha value is -0.780. The van der Waals surface area contributed by atoms with Crippen molar-refractivity contribution in [3.05, 3.63) is 34.3 Å². The molecule has 62 valence electrons. The second-order valence-corrected chi connectivity index (χ2v) is 3.86. The molecule has 0 aromatic rings. The molecule has 3 nitrogen and oxygen atoms in total. The maximum absolute atomic E-state index is 4.29. The van der Waals surface area contributed by atoms with Gasteiger partial charge in [0, 0.05) is 16.8 Å². The molecule has 4 heteroatoms. The maximum Gasteiger partial charge on any atom is 0.159 e. The molecule has 0 aromatic carbocycles. The lowest BCUT2D eigenvalue weighted by molar-refractivity contribution is 0.415. The second kappa shape index (κ2) is 2.62. The van der Waals surface area contributed by atoms with E-state index in [9.17, 15) is 0 Å². The number of amidine groups is 1. The van der Waals surface area contributed by atoms with Crippen LogP contribution >= 0.6 is 22.6 Å². The van der Waals surface area contributed by atoms with Gasteiger partial charge in [0.1, 0.15) is 5.82 Å². The number of rotatable bonds is 0. The molecule has 0 saturated heterocycles.